The second-order valence-electron chi connectivity index (χ2n) is 7.30. The monoisotopic (exact) mass is 434 g/mol. The molecule has 0 aliphatic rings. The zero-order chi connectivity index (χ0) is 22.5. The summed E-state index contributed by atoms with van der Waals surface area (Å²) in [4.78, 5) is 8.91. The van der Waals surface area contributed by atoms with Gasteiger partial charge in [-0.05, 0) is 77.9 Å². The van der Waals surface area contributed by atoms with Gasteiger partial charge in [0.2, 0.25) is 0 Å². The van der Waals surface area contributed by atoms with Crippen LogP contribution in [0.15, 0.2) is 108 Å². The summed E-state index contributed by atoms with van der Waals surface area (Å²) in [7, 11) is 0. The fraction of sp³-hybridized carbons (Fsp3) is 0. The van der Waals surface area contributed by atoms with E-state index in [1.54, 1.807) is 18.5 Å². The first-order valence-electron chi connectivity index (χ1n) is 10.4. The lowest BCUT2D eigenvalue weighted by molar-refractivity contribution is 0.482. The Bertz CT molecular complexity index is 1420. The fourth-order valence-electron chi connectivity index (χ4n) is 3.38. The molecule has 160 valence electrons. The second kappa shape index (κ2) is 9.28. The van der Waals surface area contributed by atoms with Crippen LogP contribution >= 0.6 is 0 Å². The summed E-state index contributed by atoms with van der Waals surface area (Å²) in [6.45, 7) is 0. The number of para-hydroxylation sites is 1. The number of hydrazone groups is 1. The van der Waals surface area contributed by atoms with Crippen LogP contribution < -0.4 is 10.2 Å². The molecule has 0 radical (unpaired) electrons. The van der Waals surface area contributed by atoms with Gasteiger partial charge in [0, 0.05) is 17.1 Å². The molecule has 33 heavy (non-hydrogen) atoms. The molecule has 2 heterocycles. The minimum Gasteiger partial charge on any atom is -0.457 e. The van der Waals surface area contributed by atoms with Crippen LogP contribution in [0.25, 0.3) is 22.2 Å². The van der Waals surface area contributed by atoms with E-state index in [4.69, 9.17) is 4.74 Å². The number of aromatic nitrogens is 2. The number of nitrogens with zero attached hydrogens (tertiary/aromatic N) is 3. The summed E-state index contributed by atoms with van der Waals surface area (Å²) < 4.78 is 19.7. The topological polar surface area (TPSA) is 59.4 Å². The van der Waals surface area contributed by atoms with Crippen LogP contribution in [0.4, 0.5) is 10.2 Å². The third-order valence-electron chi connectivity index (χ3n) is 4.97. The third kappa shape index (κ3) is 4.85. The molecular weight excluding hydrogens is 415 g/mol. The summed E-state index contributed by atoms with van der Waals surface area (Å²) in [5, 5.41) is 5.20. The number of hydrogen-bond donors (Lipinski definition) is 1. The molecule has 0 atom stereocenters. The van der Waals surface area contributed by atoms with Gasteiger partial charge >= 0.3 is 0 Å². The van der Waals surface area contributed by atoms with Crippen LogP contribution in [0, 0.1) is 5.82 Å². The van der Waals surface area contributed by atoms with Crippen LogP contribution in [-0.4, -0.2) is 16.2 Å². The first kappa shape index (κ1) is 20.3. The van der Waals surface area contributed by atoms with E-state index < -0.39 is 0 Å². The summed E-state index contributed by atoms with van der Waals surface area (Å²) in [5.74, 6) is 1.70. The Kier molecular flexibility index (Phi) is 5.72. The average molecular weight is 434 g/mol. The molecule has 0 fully saturated rings. The Morgan fingerprint density at radius 3 is 2.45 bits per heavy atom. The number of benzene rings is 3. The van der Waals surface area contributed by atoms with Crippen LogP contribution in [0.3, 0.4) is 0 Å². The highest BCUT2D eigenvalue weighted by Gasteiger charge is 2.10. The summed E-state index contributed by atoms with van der Waals surface area (Å²) in [5.41, 5.74) is 5.89. The molecule has 2 aromatic heterocycles. The number of pyridine rings is 2. The van der Waals surface area contributed by atoms with Crippen molar-refractivity contribution in [3.05, 3.63) is 115 Å². The van der Waals surface area contributed by atoms with Crippen molar-refractivity contribution in [3.63, 3.8) is 0 Å². The SMILES string of the molecule is Fc1cccc(-c2cc3cccnc3nc2N/N=C\c2ccc(Oc3ccccc3)cc2)c1. The van der Waals surface area contributed by atoms with Crippen molar-refractivity contribution in [2.24, 2.45) is 5.10 Å². The van der Waals surface area contributed by atoms with Crippen LogP contribution in [-0.2, 0) is 0 Å². The van der Waals surface area contributed by atoms with Crippen LogP contribution in [0.1, 0.15) is 5.56 Å². The van der Waals surface area contributed by atoms with Crippen molar-refractivity contribution in [2.75, 3.05) is 5.43 Å². The van der Waals surface area contributed by atoms with E-state index in [9.17, 15) is 4.39 Å². The minimum atomic E-state index is -0.314. The van der Waals surface area contributed by atoms with Crippen molar-refractivity contribution in [1.29, 1.82) is 0 Å². The maximum absolute atomic E-state index is 13.8. The first-order chi connectivity index (χ1) is 16.2. The number of anilines is 1. The third-order valence-corrected chi connectivity index (χ3v) is 4.97. The van der Waals surface area contributed by atoms with Crippen molar-refractivity contribution >= 4 is 23.1 Å². The molecule has 0 bridgehead atoms. The highest BCUT2D eigenvalue weighted by atomic mass is 19.1. The highest BCUT2D eigenvalue weighted by molar-refractivity contribution is 5.88. The molecule has 0 amide bonds. The fourth-order valence-corrected chi connectivity index (χ4v) is 3.38. The molecule has 3 aromatic carbocycles. The van der Waals surface area contributed by atoms with E-state index >= 15 is 0 Å². The number of halogens is 1. The normalized spacial score (nSPS) is 11.1. The van der Waals surface area contributed by atoms with E-state index in [1.807, 2.05) is 78.9 Å². The highest BCUT2D eigenvalue weighted by Crippen LogP contribution is 2.30. The number of ether oxygens (including phenoxy) is 1. The van der Waals surface area contributed by atoms with Gasteiger partial charge in [-0.1, -0.05) is 30.3 Å². The van der Waals surface area contributed by atoms with Crippen molar-refractivity contribution < 1.29 is 9.13 Å². The molecule has 5 aromatic rings. The van der Waals surface area contributed by atoms with Crippen molar-refractivity contribution in [3.8, 4) is 22.6 Å². The largest absolute Gasteiger partial charge is 0.457 e. The Labute approximate surface area is 190 Å². The van der Waals surface area contributed by atoms with Gasteiger partial charge in [0.15, 0.2) is 11.5 Å². The second-order valence-corrected chi connectivity index (χ2v) is 7.30. The molecule has 0 aliphatic carbocycles. The maximum atomic E-state index is 13.8. The van der Waals surface area contributed by atoms with Gasteiger partial charge in [-0.15, -0.1) is 0 Å². The van der Waals surface area contributed by atoms with Crippen LogP contribution in [0.2, 0.25) is 0 Å². The number of fused-ring (bicyclic) bond motifs is 1. The van der Waals surface area contributed by atoms with Gasteiger partial charge < -0.3 is 4.74 Å². The molecule has 0 spiro atoms. The van der Waals surface area contributed by atoms with Gasteiger partial charge in [-0.25, -0.2) is 14.4 Å². The summed E-state index contributed by atoms with van der Waals surface area (Å²) in [6.07, 6.45) is 3.37. The lowest BCUT2D eigenvalue weighted by Crippen LogP contribution is -1.98. The Balaban J connectivity index is 1.38. The molecule has 0 aliphatic heterocycles. The molecule has 0 saturated carbocycles. The first-order valence-corrected chi connectivity index (χ1v) is 10.4. The Morgan fingerprint density at radius 1 is 0.818 bits per heavy atom. The average Bonchev–Trinajstić information content (AvgIpc) is 2.85. The van der Waals surface area contributed by atoms with E-state index in [-0.39, 0.29) is 5.82 Å². The maximum Gasteiger partial charge on any atom is 0.161 e. The zero-order valence-corrected chi connectivity index (χ0v) is 17.5. The van der Waals surface area contributed by atoms with Crippen molar-refractivity contribution in [1.82, 2.24) is 9.97 Å². The summed E-state index contributed by atoms with van der Waals surface area (Å²) in [6, 6.07) is 29.3. The molecule has 5 nitrogen and oxygen atoms in total. The van der Waals surface area contributed by atoms with Gasteiger partial charge in [0.25, 0.3) is 0 Å². The van der Waals surface area contributed by atoms with Gasteiger partial charge in [-0.3, -0.25) is 5.43 Å². The van der Waals surface area contributed by atoms with E-state index in [2.05, 4.69) is 20.5 Å². The van der Waals surface area contributed by atoms with E-state index in [0.717, 1.165) is 28.0 Å². The smallest absolute Gasteiger partial charge is 0.161 e. The van der Waals surface area contributed by atoms with E-state index in [1.165, 1.54) is 12.1 Å². The van der Waals surface area contributed by atoms with Gasteiger partial charge in [-0.2, -0.15) is 5.10 Å². The lowest BCUT2D eigenvalue weighted by Gasteiger charge is -2.10. The molecule has 0 unspecified atom stereocenters. The number of hydrogen-bond acceptors (Lipinski definition) is 5. The summed E-state index contributed by atoms with van der Waals surface area (Å²) >= 11 is 0. The zero-order valence-electron chi connectivity index (χ0n) is 17.5. The Morgan fingerprint density at radius 2 is 1.64 bits per heavy atom. The molecule has 1 N–H and O–H groups in total. The number of nitrogens with one attached hydrogen (secondary N) is 1. The van der Waals surface area contributed by atoms with Crippen molar-refractivity contribution in [2.45, 2.75) is 0 Å². The molecule has 0 saturated heterocycles. The molecule has 6 heteroatoms. The van der Waals surface area contributed by atoms with Crippen LogP contribution in [0.5, 0.6) is 11.5 Å². The molecule has 5 rings (SSSR count). The number of rotatable bonds is 6. The molecular formula is C27H19FN4O. The predicted octanol–water partition coefficient (Wildman–Crippen LogP) is 6.67. The predicted molar refractivity (Wildman–Crippen MR) is 129 cm³/mol. The van der Waals surface area contributed by atoms with Gasteiger partial charge in [0.05, 0.1) is 6.21 Å². The quantitative estimate of drug-likeness (QED) is 0.239. The standard InChI is InChI=1S/C27H19FN4O/c28-22-8-4-6-20(16-22)25-17-21-7-5-15-29-26(21)31-27(25)32-30-18-19-11-13-24(14-12-19)33-23-9-2-1-3-10-23/h1-18H,(H,29,31,32)/b30-18-. The minimum absolute atomic E-state index is 0.314. The van der Waals surface area contributed by atoms with Gasteiger partial charge in [0.1, 0.15) is 17.3 Å². The van der Waals surface area contributed by atoms with E-state index in [0.29, 0.717) is 17.0 Å². The lowest BCUT2D eigenvalue weighted by atomic mass is 10.1. The Hall–Kier alpha value is -4.58.